The van der Waals surface area contributed by atoms with Gasteiger partial charge < -0.3 is 14.2 Å². The second-order valence-corrected chi connectivity index (χ2v) is 5.96. The van der Waals surface area contributed by atoms with E-state index in [4.69, 9.17) is 14.2 Å². The van der Waals surface area contributed by atoms with Gasteiger partial charge >= 0.3 is 0 Å². The molecular formula is C22H24O3. The smallest absolute Gasteiger partial charge is 0.127 e. The average molecular weight is 336 g/mol. The Labute approximate surface area is 149 Å². The van der Waals surface area contributed by atoms with Gasteiger partial charge in [-0.1, -0.05) is 37.6 Å². The van der Waals surface area contributed by atoms with Gasteiger partial charge in [0, 0.05) is 10.9 Å². The number of hydrogen-bond donors (Lipinski definition) is 0. The zero-order valence-electron chi connectivity index (χ0n) is 15.0. The Morgan fingerprint density at radius 2 is 1.64 bits per heavy atom. The molecule has 3 heteroatoms. The van der Waals surface area contributed by atoms with Gasteiger partial charge in [0.15, 0.2) is 0 Å². The molecule has 0 amide bonds. The van der Waals surface area contributed by atoms with Gasteiger partial charge in [-0.25, -0.2) is 0 Å². The molecule has 3 nitrogen and oxygen atoms in total. The highest BCUT2D eigenvalue weighted by molar-refractivity contribution is 5.94. The van der Waals surface area contributed by atoms with Crippen molar-refractivity contribution in [2.45, 2.75) is 19.8 Å². The lowest BCUT2D eigenvalue weighted by Gasteiger charge is -2.14. The van der Waals surface area contributed by atoms with Crippen LogP contribution in [0.4, 0.5) is 0 Å². The Bertz CT molecular complexity index is 838. The molecular weight excluding hydrogens is 312 g/mol. The standard InChI is InChI=1S/C22H24O3/c1-4-5-13-25-21-8-6-7-17-14-19(22(24-3)15-20(17)21)16-9-11-18(23-2)12-10-16/h6-12,14-15H,4-5,13H2,1-3H3. The van der Waals surface area contributed by atoms with E-state index in [-0.39, 0.29) is 0 Å². The fraction of sp³-hybridized carbons (Fsp3) is 0.273. The lowest BCUT2D eigenvalue weighted by molar-refractivity contribution is 0.313. The summed E-state index contributed by atoms with van der Waals surface area (Å²) in [6.45, 7) is 2.90. The molecule has 0 fully saturated rings. The zero-order chi connectivity index (χ0) is 17.6. The quantitative estimate of drug-likeness (QED) is 0.518. The monoisotopic (exact) mass is 336 g/mol. The third-order valence-electron chi connectivity index (χ3n) is 4.32. The van der Waals surface area contributed by atoms with E-state index < -0.39 is 0 Å². The first-order chi connectivity index (χ1) is 12.3. The van der Waals surface area contributed by atoms with Gasteiger partial charge in [0.05, 0.1) is 20.8 Å². The normalized spacial score (nSPS) is 10.7. The summed E-state index contributed by atoms with van der Waals surface area (Å²) in [5, 5.41) is 2.22. The van der Waals surface area contributed by atoms with Crippen molar-refractivity contribution in [3.8, 4) is 28.4 Å². The van der Waals surface area contributed by atoms with Gasteiger partial charge in [-0.15, -0.1) is 0 Å². The summed E-state index contributed by atoms with van der Waals surface area (Å²) in [5.74, 6) is 2.59. The fourth-order valence-corrected chi connectivity index (χ4v) is 2.89. The van der Waals surface area contributed by atoms with Crippen LogP contribution in [0.25, 0.3) is 21.9 Å². The Morgan fingerprint density at radius 3 is 2.32 bits per heavy atom. The lowest BCUT2D eigenvalue weighted by atomic mass is 9.99. The van der Waals surface area contributed by atoms with Crippen molar-refractivity contribution in [1.29, 1.82) is 0 Å². The Balaban J connectivity index is 2.05. The van der Waals surface area contributed by atoms with Crippen LogP contribution in [0, 0.1) is 0 Å². The number of unbranched alkanes of at least 4 members (excludes halogenated alkanes) is 1. The minimum atomic E-state index is 0.734. The van der Waals surface area contributed by atoms with E-state index in [1.807, 2.05) is 36.4 Å². The SMILES string of the molecule is CCCCOc1cccc2cc(-c3ccc(OC)cc3)c(OC)cc12. The van der Waals surface area contributed by atoms with E-state index in [9.17, 15) is 0 Å². The molecule has 0 unspecified atom stereocenters. The van der Waals surface area contributed by atoms with Gasteiger partial charge in [0.25, 0.3) is 0 Å². The van der Waals surface area contributed by atoms with Crippen molar-refractivity contribution in [3.63, 3.8) is 0 Å². The van der Waals surface area contributed by atoms with Crippen LogP contribution in [0.5, 0.6) is 17.2 Å². The summed E-state index contributed by atoms with van der Waals surface area (Å²) in [7, 11) is 3.38. The molecule has 0 aliphatic carbocycles. The molecule has 3 aromatic rings. The zero-order valence-corrected chi connectivity index (χ0v) is 15.0. The van der Waals surface area contributed by atoms with E-state index >= 15 is 0 Å². The van der Waals surface area contributed by atoms with E-state index in [0.717, 1.165) is 58.6 Å². The maximum atomic E-state index is 5.96. The molecule has 0 saturated heterocycles. The van der Waals surface area contributed by atoms with Crippen LogP contribution in [0.1, 0.15) is 19.8 Å². The van der Waals surface area contributed by atoms with Crippen molar-refractivity contribution in [3.05, 3.63) is 54.6 Å². The van der Waals surface area contributed by atoms with Crippen LogP contribution in [0.2, 0.25) is 0 Å². The first kappa shape index (κ1) is 17.2. The number of rotatable bonds is 7. The second-order valence-electron chi connectivity index (χ2n) is 5.96. The first-order valence-electron chi connectivity index (χ1n) is 8.64. The van der Waals surface area contributed by atoms with Crippen LogP contribution < -0.4 is 14.2 Å². The molecule has 0 N–H and O–H groups in total. The molecule has 3 rings (SSSR count). The summed E-state index contributed by atoms with van der Waals surface area (Å²) in [5.41, 5.74) is 2.15. The van der Waals surface area contributed by atoms with Crippen LogP contribution in [0.15, 0.2) is 54.6 Å². The van der Waals surface area contributed by atoms with Crippen molar-refractivity contribution < 1.29 is 14.2 Å². The largest absolute Gasteiger partial charge is 0.497 e. The van der Waals surface area contributed by atoms with E-state index in [0.29, 0.717) is 0 Å². The van der Waals surface area contributed by atoms with Crippen LogP contribution in [0.3, 0.4) is 0 Å². The van der Waals surface area contributed by atoms with E-state index in [1.54, 1.807) is 14.2 Å². The molecule has 25 heavy (non-hydrogen) atoms. The van der Waals surface area contributed by atoms with E-state index in [2.05, 4.69) is 25.1 Å². The second kappa shape index (κ2) is 7.93. The molecule has 0 saturated carbocycles. The molecule has 0 spiro atoms. The van der Waals surface area contributed by atoms with Gasteiger partial charge in [-0.05, 0) is 47.7 Å². The average Bonchev–Trinajstić information content (AvgIpc) is 2.67. The fourth-order valence-electron chi connectivity index (χ4n) is 2.89. The summed E-state index contributed by atoms with van der Waals surface area (Å²) >= 11 is 0. The minimum absolute atomic E-state index is 0.734. The highest BCUT2D eigenvalue weighted by Gasteiger charge is 2.11. The van der Waals surface area contributed by atoms with Gasteiger partial charge in [0.2, 0.25) is 0 Å². The molecule has 130 valence electrons. The Morgan fingerprint density at radius 1 is 0.840 bits per heavy atom. The maximum absolute atomic E-state index is 5.96. The first-order valence-corrected chi connectivity index (χ1v) is 8.64. The molecule has 0 radical (unpaired) electrons. The van der Waals surface area contributed by atoms with Gasteiger partial charge in [-0.3, -0.25) is 0 Å². The highest BCUT2D eigenvalue weighted by atomic mass is 16.5. The minimum Gasteiger partial charge on any atom is -0.497 e. The molecule has 3 aromatic carbocycles. The predicted octanol–water partition coefficient (Wildman–Crippen LogP) is 5.70. The number of benzene rings is 3. The van der Waals surface area contributed by atoms with Gasteiger partial charge in [0.1, 0.15) is 17.2 Å². The van der Waals surface area contributed by atoms with E-state index in [1.165, 1.54) is 0 Å². The Kier molecular flexibility index (Phi) is 5.44. The third-order valence-corrected chi connectivity index (χ3v) is 4.32. The summed E-state index contributed by atoms with van der Waals surface area (Å²) in [6, 6.07) is 18.4. The van der Waals surface area contributed by atoms with Crippen molar-refractivity contribution in [1.82, 2.24) is 0 Å². The van der Waals surface area contributed by atoms with Crippen LogP contribution in [-0.4, -0.2) is 20.8 Å². The molecule has 0 heterocycles. The molecule has 0 aliphatic rings. The lowest BCUT2D eigenvalue weighted by Crippen LogP contribution is -1.97. The van der Waals surface area contributed by atoms with Crippen molar-refractivity contribution >= 4 is 10.8 Å². The predicted molar refractivity (Wildman–Crippen MR) is 103 cm³/mol. The number of fused-ring (bicyclic) bond motifs is 1. The number of methoxy groups -OCH3 is 2. The summed E-state index contributed by atoms with van der Waals surface area (Å²) in [6.07, 6.45) is 2.17. The highest BCUT2D eigenvalue weighted by Crippen LogP contribution is 2.38. The summed E-state index contributed by atoms with van der Waals surface area (Å²) < 4.78 is 16.9. The Hall–Kier alpha value is -2.68. The van der Waals surface area contributed by atoms with Crippen LogP contribution >= 0.6 is 0 Å². The summed E-state index contributed by atoms with van der Waals surface area (Å²) in [4.78, 5) is 0. The van der Waals surface area contributed by atoms with Crippen molar-refractivity contribution in [2.75, 3.05) is 20.8 Å². The number of ether oxygens (including phenoxy) is 3. The van der Waals surface area contributed by atoms with Crippen LogP contribution in [-0.2, 0) is 0 Å². The third kappa shape index (κ3) is 3.71. The molecule has 0 aromatic heterocycles. The molecule has 0 aliphatic heterocycles. The molecule has 0 bridgehead atoms. The maximum Gasteiger partial charge on any atom is 0.127 e. The molecule has 0 atom stereocenters. The van der Waals surface area contributed by atoms with Gasteiger partial charge in [-0.2, -0.15) is 0 Å². The number of hydrogen-bond acceptors (Lipinski definition) is 3. The van der Waals surface area contributed by atoms with Crippen molar-refractivity contribution in [2.24, 2.45) is 0 Å². The topological polar surface area (TPSA) is 27.7 Å².